The van der Waals surface area contributed by atoms with E-state index < -0.39 is 0 Å². The Hall–Kier alpha value is -1.95. The van der Waals surface area contributed by atoms with Crippen LogP contribution >= 0.6 is 0 Å². The summed E-state index contributed by atoms with van der Waals surface area (Å²) in [6.07, 6.45) is 9.29. The Morgan fingerprint density at radius 2 is 2.00 bits per heavy atom. The van der Waals surface area contributed by atoms with Gasteiger partial charge in [0.05, 0.1) is 6.20 Å². The van der Waals surface area contributed by atoms with Crippen molar-refractivity contribution in [2.75, 3.05) is 26.2 Å². The lowest BCUT2D eigenvalue weighted by Gasteiger charge is -2.17. The first-order chi connectivity index (χ1) is 11.7. The fourth-order valence-electron chi connectivity index (χ4n) is 3.40. The highest BCUT2D eigenvalue weighted by atomic mass is 16.1. The average molecular weight is 329 g/mol. The molecule has 0 aliphatic heterocycles. The van der Waals surface area contributed by atoms with Crippen molar-refractivity contribution in [3.63, 3.8) is 0 Å². The zero-order chi connectivity index (χ0) is 16.9. The zero-order valence-corrected chi connectivity index (χ0v) is 14.7. The highest BCUT2D eigenvalue weighted by molar-refractivity contribution is 5.99. The summed E-state index contributed by atoms with van der Waals surface area (Å²) < 4.78 is 1.87. The molecule has 1 aliphatic carbocycles. The lowest BCUT2D eigenvalue weighted by Crippen LogP contribution is -2.34. The Balaban J connectivity index is 1.75. The molecule has 6 heteroatoms. The predicted octanol–water partition coefficient (Wildman–Crippen LogP) is 2.07. The number of carbonyl (C=O) groups excluding carboxylic acids is 1. The van der Waals surface area contributed by atoms with Crippen molar-refractivity contribution in [1.29, 1.82) is 0 Å². The number of aromatic nitrogens is 3. The quantitative estimate of drug-likeness (QED) is 0.824. The Morgan fingerprint density at radius 3 is 2.79 bits per heavy atom. The lowest BCUT2D eigenvalue weighted by atomic mass is 10.1. The summed E-state index contributed by atoms with van der Waals surface area (Å²) in [4.78, 5) is 19.3. The molecule has 24 heavy (non-hydrogen) atoms. The van der Waals surface area contributed by atoms with Gasteiger partial charge in [-0.25, -0.2) is 9.50 Å². The summed E-state index contributed by atoms with van der Waals surface area (Å²) in [6.45, 7) is 7.76. The summed E-state index contributed by atoms with van der Waals surface area (Å²) in [5.74, 6) is -0.0850. The molecule has 0 aromatic carbocycles. The van der Waals surface area contributed by atoms with Gasteiger partial charge in [0.1, 0.15) is 5.56 Å². The fourth-order valence-corrected chi connectivity index (χ4v) is 3.40. The van der Waals surface area contributed by atoms with Crippen LogP contribution in [0, 0.1) is 0 Å². The lowest BCUT2D eigenvalue weighted by molar-refractivity contribution is 0.0950. The second-order valence-electron chi connectivity index (χ2n) is 6.37. The number of rotatable bonds is 6. The van der Waals surface area contributed by atoms with E-state index in [1.807, 2.05) is 10.7 Å². The minimum Gasteiger partial charge on any atom is -0.351 e. The summed E-state index contributed by atoms with van der Waals surface area (Å²) in [5, 5.41) is 7.45. The summed E-state index contributed by atoms with van der Waals surface area (Å²) >= 11 is 0. The van der Waals surface area contributed by atoms with Crippen molar-refractivity contribution >= 4 is 11.6 Å². The standard InChI is InChI=1S/C18H27N5O/c1-3-22(4-2)11-10-19-18(24)15-13-21-23-16-9-7-5-6-8-14(16)12-20-17(15)23/h12-13H,3-11H2,1-2H3,(H,19,24). The summed E-state index contributed by atoms with van der Waals surface area (Å²) in [5.41, 5.74) is 3.74. The molecule has 0 unspecified atom stereocenters. The molecule has 0 bridgehead atoms. The normalized spacial score (nSPS) is 14.6. The Morgan fingerprint density at radius 1 is 1.21 bits per heavy atom. The van der Waals surface area contributed by atoms with Gasteiger partial charge in [-0.15, -0.1) is 0 Å². The Bertz CT molecular complexity index is 705. The van der Waals surface area contributed by atoms with E-state index in [1.54, 1.807) is 6.20 Å². The highest BCUT2D eigenvalue weighted by Gasteiger charge is 2.18. The molecule has 0 fully saturated rings. The number of nitrogens with one attached hydrogen (secondary N) is 1. The van der Waals surface area contributed by atoms with Crippen LogP contribution in [0.3, 0.4) is 0 Å². The average Bonchev–Trinajstić information content (AvgIpc) is 2.89. The van der Waals surface area contributed by atoms with Crippen LogP contribution < -0.4 is 5.32 Å². The predicted molar refractivity (Wildman–Crippen MR) is 94.4 cm³/mol. The van der Waals surface area contributed by atoms with Crippen molar-refractivity contribution in [3.05, 3.63) is 29.2 Å². The van der Waals surface area contributed by atoms with E-state index in [9.17, 15) is 4.79 Å². The Labute approximate surface area is 143 Å². The maximum atomic E-state index is 12.5. The molecule has 2 aromatic rings. The molecule has 3 rings (SSSR count). The minimum atomic E-state index is -0.0850. The maximum Gasteiger partial charge on any atom is 0.256 e. The van der Waals surface area contributed by atoms with E-state index in [1.165, 1.54) is 30.5 Å². The van der Waals surface area contributed by atoms with Crippen LogP contribution in [0.5, 0.6) is 0 Å². The molecular formula is C18H27N5O. The van der Waals surface area contributed by atoms with Crippen molar-refractivity contribution in [2.45, 2.75) is 46.0 Å². The van der Waals surface area contributed by atoms with E-state index in [2.05, 4.69) is 34.1 Å². The second-order valence-corrected chi connectivity index (χ2v) is 6.37. The molecule has 2 aromatic heterocycles. The largest absolute Gasteiger partial charge is 0.351 e. The minimum absolute atomic E-state index is 0.0850. The maximum absolute atomic E-state index is 12.5. The van der Waals surface area contributed by atoms with E-state index in [-0.39, 0.29) is 5.91 Å². The van der Waals surface area contributed by atoms with Crippen LogP contribution in [0.2, 0.25) is 0 Å². The molecular weight excluding hydrogens is 302 g/mol. The summed E-state index contributed by atoms with van der Waals surface area (Å²) in [6, 6.07) is 0. The van der Waals surface area contributed by atoms with Gasteiger partial charge in [-0.05, 0) is 44.3 Å². The first-order valence-electron chi connectivity index (χ1n) is 9.09. The van der Waals surface area contributed by atoms with Crippen LogP contribution in [0.15, 0.2) is 12.4 Å². The van der Waals surface area contributed by atoms with E-state index in [0.717, 1.165) is 32.5 Å². The van der Waals surface area contributed by atoms with Crippen molar-refractivity contribution in [3.8, 4) is 0 Å². The highest BCUT2D eigenvalue weighted by Crippen LogP contribution is 2.21. The molecule has 0 saturated heterocycles. The van der Waals surface area contributed by atoms with Crippen molar-refractivity contribution in [1.82, 2.24) is 24.8 Å². The van der Waals surface area contributed by atoms with Crippen LogP contribution in [0.25, 0.3) is 5.65 Å². The van der Waals surface area contributed by atoms with Gasteiger partial charge in [-0.3, -0.25) is 4.79 Å². The molecule has 1 amide bonds. The van der Waals surface area contributed by atoms with Gasteiger partial charge in [0, 0.05) is 25.0 Å². The van der Waals surface area contributed by atoms with Crippen LogP contribution in [0.4, 0.5) is 0 Å². The fraction of sp³-hybridized carbons (Fsp3) is 0.611. The van der Waals surface area contributed by atoms with Gasteiger partial charge in [0.25, 0.3) is 5.91 Å². The van der Waals surface area contributed by atoms with Gasteiger partial charge in [0.2, 0.25) is 0 Å². The number of hydrogen-bond acceptors (Lipinski definition) is 4. The second kappa shape index (κ2) is 7.75. The van der Waals surface area contributed by atoms with Gasteiger partial charge in [-0.1, -0.05) is 20.3 Å². The number of amides is 1. The number of fused-ring (bicyclic) bond motifs is 3. The van der Waals surface area contributed by atoms with Gasteiger partial charge in [0.15, 0.2) is 5.65 Å². The third kappa shape index (κ3) is 3.43. The van der Waals surface area contributed by atoms with Crippen LogP contribution in [-0.4, -0.2) is 51.6 Å². The van der Waals surface area contributed by atoms with Gasteiger partial charge in [-0.2, -0.15) is 5.10 Å². The molecule has 0 radical (unpaired) electrons. The smallest absolute Gasteiger partial charge is 0.256 e. The topological polar surface area (TPSA) is 62.5 Å². The molecule has 2 heterocycles. The van der Waals surface area contributed by atoms with Crippen LogP contribution in [-0.2, 0) is 12.8 Å². The van der Waals surface area contributed by atoms with Crippen molar-refractivity contribution in [2.24, 2.45) is 0 Å². The number of nitrogens with zero attached hydrogens (tertiary/aromatic N) is 4. The molecule has 1 aliphatic rings. The molecule has 0 spiro atoms. The van der Waals surface area contributed by atoms with Crippen LogP contribution in [0.1, 0.15) is 54.7 Å². The molecule has 0 atom stereocenters. The monoisotopic (exact) mass is 329 g/mol. The third-order valence-electron chi connectivity index (χ3n) is 4.93. The van der Waals surface area contributed by atoms with Gasteiger partial charge >= 0.3 is 0 Å². The number of likely N-dealkylation sites (N-methyl/N-ethyl adjacent to an activating group) is 1. The zero-order valence-electron chi connectivity index (χ0n) is 14.7. The van der Waals surface area contributed by atoms with E-state index in [4.69, 9.17) is 0 Å². The first-order valence-corrected chi connectivity index (χ1v) is 9.09. The number of carbonyl (C=O) groups is 1. The van der Waals surface area contributed by atoms with Gasteiger partial charge < -0.3 is 10.2 Å². The SMILES string of the molecule is CCN(CC)CCNC(=O)c1cnn2c3c(cnc12)CCCCC3. The molecule has 0 saturated carbocycles. The van der Waals surface area contributed by atoms with E-state index in [0.29, 0.717) is 17.8 Å². The number of aryl methyl sites for hydroxylation is 2. The summed E-state index contributed by atoms with van der Waals surface area (Å²) in [7, 11) is 0. The van der Waals surface area contributed by atoms with E-state index >= 15 is 0 Å². The third-order valence-corrected chi connectivity index (χ3v) is 4.93. The molecule has 1 N–H and O–H groups in total. The first kappa shape index (κ1) is 16.9. The molecule has 6 nitrogen and oxygen atoms in total. The number of hydrogen-bond donors (Lipinski definition) is 1. The molecule has 130 valence electrons. The Kier molecular flexibility index (Phi) is 5.45. The van der Waals surface area contributed by atoms with Crippen molar-refractivity contribution < 1.29 is 4.79 Å².